The summed E-state index contributed by atoms with van der Waals surface area (Å²) in [7, 11) is 0. The average molecular weight is 759 g/mol. The van der Waals surface area contributed by atoms with Crippen molar-refractivity contribution < 1.29 is 0 Å². The van der Waals surface area contributed by atoms with E-state index >= 15 is 0 Å². The molecule has 0 aliphatic carbocycles. The molecule has 3 aromatic heterocycles. The predicted octanol–water partition coefficient (Wildman–Crippen LogP) is 15.6. The maximum absolute atomic E-state index is 4.54. The lowest BCUT2D eigenvalue weighted by Crippen LogP contribution is -1.98. The predicted molar refractivity (Wildman–Crippen MR) is 251 cm³/mol. The van der Waals surface area contributed by atoms with Gasteiger partial charge in [0.05, 0.1) is 22.2 Å². The van der Waals surface area contributed by atoms with Gasteiger partial charge in [-0.05, 0) is 95.4 Å². The van der Waals surface area contributed by atoms with E-state index in [1.54, 1.807) is 0 Å². The lowest BCUT2D eigenvalue weighted by atomic mass is 9.96. The van der Waals surface area contributed by atoms with Gasteiger partial charge in [-0.25, -0.2) is 0 Å². The Morgan fingerprint density at radius 1 is 0.500 bits per heavy atom. The second kappa shape index (κ2) is 13.8. The summed E-state index contributed by atoms with van der Waals surface area (Å²) in [5, 5.41) is 6.23. The van der Waals surface area contributed by atoms with Crippen LogP contribution in [0.5, 0.6) is 0 Å². The van der Waals surface area contributed by atoms with Crippen molar-refractivity contribution >= 4 is 81.9 Å². The summed E-state index contributed by atoms with van der Waals surface area (Å²) in [6.07, 6.45) is 4.44. The molecular formula is C55H38N2S. The molecule has 3 heterocycles. The van der Waals surface area contributed by atoms with Gasteiger partial charge in [-0.2, -0.15) is 0 Å². The summed E-state index contributed by atoms with van der Waals surface area (Å²) in [5.41, 5.74) is 15.1. The SMILES string of the molecule is C=Cc1c(/C=C(\C)c2ccc3sc4ccccc4c3c2)n(-c2ccccc2)c2cc(-c3ccccc3)c3c(c4ccc(-c5ccccc5)cc4n3-c3ccccc3)c12. The number of hydrogen-bond donors (Lipinski definition) is 0. The van der Waals surface area contributed by atoms with Crippen LogP contribution in [0, 0.1) is 0 Å². The minimum Gasteiger partial charge on any atom is -0.309 e. The Morgan fingerprint density at radius 3 is 1.83 bits per heavy atom. The highest BCUT2D eigenvalue weighted by molar-refractivity contribution is 7.25. The van der Waals surface area contributed by atoms with Crippen LogP contribution in [0.2, 0.25) is 0 Å². The summed E-state index contributed by atoms with van der Waals surface area (Å²) in [6.45, 7) is 6.78. The van der Waals surface area contributed by atoms with Crippen LogP contribution in [-0.2, 0) is 0 Å². The molecule has 0 unspecified atom stereocenters. The van der Waals surface area contributed by atoms with E-state index in [-0.39, 0.29) is 0 Å². The first-order chi connectivity index (χ1) is 28.7. The first-order valence-electron chi connectivity index (χ1n) is 19.8. The number of para-hydroxylation sites is 2. The van der Waals surface area contributed by atoms with E-state index in [1.165, 1.54) is 80.8 Å². The van der Waals surface area contributed by atoms with Crippen molar-refractivity contribution in [1.82, 2.24) is 9.13 Å². The molecule has 0 amide bonds. The maximum Gasteiger partial charge on any atom is 0.0627 e. The Balaban J connectivity index is 1.29. The minimum atomic E-state index is 1.11. The smallest absolute Gasteiger partial charge is 0.0627 e. The first kappa shape index (κ1) is 34.1. The normalized spacial score (nSPS) is 12.1. The minimum absolute atomic E-state index is 1.11. The summed E-state index contributed by atoms with van der Waals surface area (Å²) in [6, 6.07) is 68.2. The van der Waals surface area contributed by atoms with E-state index in [2.05, 4.69) is 223 Å². The number of aromatic nitrogens is 2. The molecule has 0 radical (unpaired) electrons. The van der Waals surface area contributed by atoms with Crippen LogP contribution in [0.15, 0.2) is 195 Å². The van der Waals surface area contributed by atoms with Crippen molar-refractivity contribution in [1.29, 1.82) is 0 Å². The van der Waals surface area contributed by atoms with Crippen molar-refractivity contribution in [2.75, 3.05) is 0 Å². The first-order valence-corrected chi connectivity index (χ1v) is 20.6. The molecule has 2 nitrogen and oxygen atoms in total. The molecule has 0 bridgehead atoms. The van der Waals surface area contributed by atoms with E-state index in [1.807, 2.05) is 11.3 Å². The lowest BCUT2D eigenvalue weighted by Gasteiger charge is -2.14. The van der Waals surface area contributed by atoms with Crippen LogP contribution in [0.25, 0.3) is 104 Å². The number of hydrogen-bond acceptors (Lipinski definition) is 1. The number of benzene rings is 8. The second-order valence-electron chi connectivity index (χ2n) is 15.0. The van der Waals surface area contributed by atoms with Crippen molar-refractivity contribution in [2.24, 2.45) is 0 Å². The number of allylic oxidation sites excluding steroid dienone is 1. The third kappa shape index (κ3) is 5.39. The Hall–Kier alpha value is -7.20. The summed E-state index contributed by atoms with van der Waals surface area (Å²) in [4.78, 5) is 0. The van der Waals surface area contributed by atoms with E-state index < -0.39 is 0 Å². The fraction of sp³-hybridized carbons (Fsp3) is 0.0182. The molecule has 11 rings (SSSR count). The van der Waals surface area contributed by atoms with Crippen LogP contribution in [-0.4, -0.2) is 9.13 Å². The number of rotatable bonds is 7. The Kier molecular flexibility index (Phi) is 8.09. The van der Waals surface area contributed by atoms with Crippen LogP contribution in [0.1, 0.15) is 23.7 Å². The van der Waals surface area contributed by atoms with E-state index in [9.17, 15) is 0 Å². The quantitative estimate of drug-likeness (QED) is 0.153. The zero-order valence-corrected chi connectivity index (χ0v) is 32.9. The van der Waals surface area contributed by atoms with Crippen LogP contribution in [0.4, 0.5) is 0 Å². The van der Waals surface area contributed by atoms with Crippen LogP contribution < -0.4 is 0 Å². The van der Waals surface area contributed by atoms with Crippen LogP contribution in [0.3, 0.4) is 0 Å². The van der Waals surface area contributed by atoms with Crippen molar-refractivity contribution in [3.63, 3.8) is 0 Å². The van der Waals surface area contributed by atoms with Crippen molar-refractivity contribution in [3.05, 3.63) is 211 Å². The lowest BCUT2D eigenvalue weighted by molar-refractivity contribution is 1.10. The van der Waals surface area contributed by atoms with E-state index in [4.69, 9.17) is 0 Å². The van der Waals surface area contributed by atoms with Gasteiger partial charge in [0.25, 0.3) is 0 Å². The fourth-order valence-corrected chi connectivity index (χ4v) is 10.1. The van der Waals surface area contributed by atoms with Crippen LogP contribution >= 0.6 is 11.3 Å². The topological polar surface area (TPSA) is 9.86 Å². The number of thiophene rings is 1. The van der Waals surface area contributed by atoms with Crippen molar-refractivity contribution in [2.45, 2.75) is 6.92 Å². The van der Waals surface area contributed by atoms with Gasteiger partial charge in [-0.1, -0.05) is 146 Å². The number of fused-ring (bicyclic) bond motifs is 8. The van der Waals surface area contributed by atoms with E-state index in [0.29, 0.717) is 0 Å². The molecule has 0 saturated heterocycles. The molecule has 3 heteroatoms. The largest absolute Gasteiger partial charge is 0.309 e. The molecule has 0 fully saturated rings. The van der Waals surface area contributed by atoms with E-state index in [0.717, 1.165) is 28.1 Å². The molecule has 274 valence electrons. The van der Waals surface area contributed by atoms with Gasteiger partial charge in [0.2, 0.25) is 0 Å². The molecule has 0 atom stereocenters. The highest BCUT2D eigenvalue weighted by atomic mass is 32.1. The zero-order valence-electron chi connectivity index (χ0n) is 32.1. The molecule has 58 heavy (non-hydrogen) atoms. The highest BCUT2D eigenvalue weighted by Crippen LogP contribution is 2.47. The van der Waals surface area contributed by atoms with Crippen molar-refractivity contribution in [3.8, 4) is 33.6 Å². The average Bonchev–Trinajstić information content (AvgIpc) is 3.94. The summed E-state index contributed by atoms with van der Waals surface area (Å²) in [5.74, 6) is 0. The fourth-order valence-electron chi connectivity index (χ4n) is 8.99. The maximum atomic E-state index is 4.54. The summed E-state index contributed by atoms with van der Waals surface area (Å²) < 4.78 is 7.55. The molecule has 11 aromatic rings. The van der Waals surface area contributed by atoms with Gasteiger partial charge in [0.15, 0.2) is 0 Å². The molecule has 0 spiro atoms. The van der Waals surface area contributed by atoms with Gasteiger partial charge in [-0.15, -0.1) is 11.3 Å². The third-order valence-corrected chi connectivity index (χ3v) is 12.8. The Labute approximate surface area is 341 Å². The molecule has 0 aliphatic rings. The molecule has 0 aliphatic heterocycles. The third-order valence-electron chi connectivity index (χ3n) is 11.6. The Bertz CT molecular complexity index is 3380. The second-order valence-corrected chi connectivity index (χ2v) is 16.1. The monoisotopic (exact) mass is 758 g/mol. The van der Waals surface area contributed by atoms with Gasteiger partial charge in [0.1, 0.15) is 0 Å². The zero-order chi connectivity index (χ0) is 38.7. The molecule has 8 aromatic carbocycles. The molecular weight excluding hydrogens is 721 g/mol. The van der Waals surface area contributed by atoms with Gasteiger partial charge >= 0.3 is 0 Å². The van der Waals surface area contributed by atoms with Gasteiger partial charge < -0.3 is 9.13 Å². The standard InChI is InChI=1S/C55H38N2S/c1-3-43-48(32-36(2)39-29-31-52-47(33-39)44-26-16-17-27-51(44)58-52)56(41-22-12-6-13-23-41)50-35-46(38-20-10-5-11-21-38)55-54(53(43)50)45-30-28-40(37-18-8-4-9-19-37)34-49(45)57(55)42-24-14-7-15-25-42/h3-35H,1H2,2H3/b36-32+. The van der Waals surface area contributed by atoms with Gasteiger partial charge in [0, 0.05) is 58.8 Å². The molecule has 0 saturated carbocycles. The van der Waals surface area contributed by atoms with Gasteiger partial charge in [-0.3, -0.25) is 0 Å². The number of nitrogens with zero attached hydrogens (tertiary/aromatic N) is 2. The summed E-state index contributed by atoms with van der Waals surface area (Å²) >= 11 is 1.86. The Morgan fingerprint density at radius 2 is 1.12 bits per heavy atom. The highest BCUT2D eigenvalue weighted by Gasteiger charge is 2.26. The molecule has 0 N–H and O–H groups in total.